The zero-order chi connectivity index (χ0) is 14.6. The van der Waals surface area contributed by atoms with Crippen molar-refractivity contribution >= 4 is 28.2 Å². The lowest BCUT2D eigenvalue weighted by molar-refractivity contribution is 0.0930. The standard InChI is InChI=1S/C14H20N2O3S.ClH/c1-2-20(18,19)13-7-5-11(6-8-13)14(17)16-12-4-3-9-15-10-12;/h5-8,12,15H,2-4,9-10H2,1H3,(H,16,17);1H/t12-;/m0./s1. The van der Waals surface area contributed by atoms with Crippen molar-refractivity contribution in [1.82, 2.24) is 10.6 Å². The Morgan fingerprint density at radius 2 is 2.00 bits per heavy atom. The van der Waals surface area contributed by atoms with Gasteiger partial charge in [0.05, 0.1) is 10.6 Å². The molecule has 0 radical (unpaired) electrons. The molecule has 0 spiro atoms. The van der Waals surface area contributed by atoms with Crippen LogP contribution in [-0.4, -0.2) is 39.2 Å². The lowest BCUT2D eigenvalue weighted by Gasteiger charge is -2.23. The fourth-order valence-electron chi connectivity index (χ4n) is 2.22. The molecular formula is C14H21ClN2O3S. The topological polar surface area (TPSA) is 75.3 Å². The summed E-state index contributed by atoms with van der Waals surface area (Å²) >= 11 is 0. The van der Waals surface area contributed by atoms with Crippen LogP contribution in [0.2, 0.25) is 0 Å². The van der Waals surface area contributed by atoms with E-state index in [-0.39, 0.29) is 35.0 Å². The summed E-state index contributed by atoms with van der Waals surface area (Å²) in [6.07, 6.45) is 2.03. The number of benzene rings is 1. The summed E-state index contributed by atoms with van der Waals surface area (Å²) in [6, 6.07) is 6.26. The third-order valence-electron chi connectivity index (χ3n) is 3.49. The monoisotopic (exact) mass is 332 g/mol. The summed E-state index contributed by atoms with van der Waals surface area (Å²) in [5, 5.41) is 6.19. The molecule has 0 aliphatic carbocycles. The molecule has 1 amide bonds. The molecule has 2 N–H and O–H groups in total. The van der Waals surface area contributed by atoms with Gasteiger partial charge in [0.2, 0.25) is 0 Å². The number of hydrogen-bond donors (Lipinski definition) is 2. The predicted octanol–water partition coefficient (Wildman–Crippen LogP) is 1.38. The average Bonchev–Trinajstić information content (AvgIpc) is 2.48. The molecule has 0 saturated carbocycles. The van der Waals surface area contributed by atoms with Crippen molar-refractivity contribution in [1.29, 1.82) is 0 Å². The van der Waals surface area contributed by atoms with Gasteiger partial charge >= 0.3 is 0 Å². The molecule has 0 aromatic heterocycles. The Bertz CT molecular complexity index is 566. The number of carbonyl (C=O) groups is 1. The number of piperidine rings is 1. The normalized spacial score (nSPS) is 18.6. The molecule has 0 bridgehead atoms. The molecule has 1 aromatic carbocycles. The van der Waals surface area contributed by atoms with Crippen LogP contribution in [0.4, 0.5) is 0 Å². The second kappa shape index (κ2) is 7.77. The van der Waals surface area contributed by atoms with Crippen molar-refractivity contribution in [3.8, 4) is 0 Å². The molecule has 1 aromatic rings. The first-order valence-electron chi connectivity index (χ1n) is 6.87. The van der Waals surface area contributed by atoms with Crippen LogP contribution in [-0.2, 0) is 9.84 Å². The Labute approximate surface area is 131 Å². The summed E-state index contributed by atoms with van der Waals surface area (Å²) in [5.41, 5.74) is 0.491. The fourth-order valence-corrected chi connectivity index (χ4v) is 3.11. The zero-order valence-corrected chi connectivity index (χ0v) is 13.6. The van der Waals surface area contributed by atoms with Crippen LogP contribution in [0.1, 0.15) is 30.1 Å². The van der Waals surface area contributed by atoms with E-state index < -0.39 is 9.84 Å². The van der Waals surface area contributed by atoms with Crippen LogP contribution in [0, 0.1) is 0 Å². The highest BCUT2D eigenvalue weighted by Crippen LogP contribution is 2.13. The van der Waals surface area contributed by atoms with Gasteiger partial charge in [0.1, 0.15) is 0 Å². The van der Waals surface area contributed by atoms with Gasteiger partial charge in [-0.3, -0.25) is 4.79 Å². The second-order valence-corrected chi connectivity index (χ2v) is 7.22. The number of hydrogen-bond acceptors (Lipinski definition) is 4. The van der Waals surface area contributed by atoms with E-state index in [1.807, 2.05) is 0 Å². The maximum absolute atomic E-state index is 12.1. The van der Waals surface area contributed by atoms with Gasteiger partial charge in [0.15, 0.2) is 9.84 Å². The van der Waals surface area contributed by atoms with Crippen molar-refractivity contribution < 1.29 is 13.2 Å². The second-order valence-electron chi connectivity index (χ2n) is 4.94. The van der Waals surface area contributed by atoms with Gasteiger partial charge in [0, 0.05) is 18.2 Å². The average molecular weight is 333 g/mol. The largest absolute Gasteiger partial charge is 0.348 e. The molecule has 0 unspecified atom stereocenters. The van der Waals surface area contributed by atoms with Gasteiger partial charge in [0.25, 0.3) is 5.91 Å². The minimum atomic E-state index is -3.21. The third kappa shape index (κ3) is 4.69. The molecule has 1 aliphatic rings. The smallest absolute Gasteiger partial charge is 0.251 e. The van der Waals surface area contributed by atoms with Crippen molar-refractivity contribution in [2.45, 2.75) is 30.7 Å². The Hall–Kier alpha value is -1.11. The van der Waals surface area contributed by atoms with E-state index in [9.17, 15) is 13.2 Å². The van der Waals surface area contributed by atoms with E-state index in [0.29, 0.717) is 5.56 Å². The van der Waals surface area contributed by atoms with E-state index in [2.05, 4.69) is 10.6 Å². The molecule has 2 rings (SSSR count). The number of rotatable bonds is 4. The van der Waals surface area contributed by atoms with Crippen molar-refractivity contribution in [2.24, 2.45) is 0 Å². The molecular weight excluding hydrogens is 312 g/mol. The van der Waals surface area contributed by atoms with E-state index >= 15 is 0 Å². The van der Waals surface area contributed by atoms with Gasteiger partial charge in [-0.15, -0.1) is 12.4 Å². The molecule has 1 aliphatic heterocycles. The van der Waals surface area contributed by atoms with Gasteiger partial charge in [-0.05, 0) is 43.7 Å². The molecule has 21 heavy (non-hydrogen) atoms. The van der Waals surface area contributed by atoms with Crippen LogP contribution in [0.5, 0.6) is 0 Å². The van der Waals surface area contributed by atoms with Crippen LogP contribution < -0.4 is 10.6 Å². The van der Waals surface area contributed by atoms with E-state index in [1.165, 1.54) is 12.1 Å². The minimum Gasteiger partial charge on any atom is -0.348 e. The minimum absolute atomic E-state index is 0. The Morgan fingerprint density at radius 3 is 2.52 bits per heavy atom. The Balaban J connectivity index is 0.00000220. The van der Waals surface area contributed by atoms with Crippen molar-refractivity contribution in [3.05, 3.63) is 29.8 Å². The highest BCUT2D eigenvalue weighted by Gasteiger charge is 2.17. The highest BCUT2D eigenvalue weighted by molar-refractivity contribution is 7.91. The quantitative estimate of drug-likeness (QED) is 0.873. The number of nitrogens with one attached hydrogen (secondary N) is 2. The van der Waals surface area contributed by atoms with Crippen LogP contribution in [0.15, 0.2) is 29.2 Å². The summed E-state index contributed by atoms with van der Waals surface area (Å²) in [5.74, 6) is -0.0918. The fraction of sp³-hybridized carbons (Fsp3) is 0.500. The number of amides is 1. The van der Waals surface area contributed by atoms with E-state index in [0.717, 1.165) is 25.9 Å². The van der Waals surface area contributed by atoms with Crippen LogP contribution in [0.25, 0.3) is 0 Å². The Kier molecular flexibility index (Phi) is 6.64. The third-order valence-corrected chi connectivity index (χ3v) is 5.24. The summed E-state index contributed by atoms with van der Waals surface area (Å²) < 4.78 is 23.4. The maximum atomic E-state index is 12.1. The molecule has 1 atom stereocenters. The number of carbonyl (C=O) groups excluding carboxylic acids is 1. The van der Waals surface area contributed by atoms with Crippen LogP contribution in [0.3, 0.4) is 0 Å². The first-order valence-corrected chi connectivity index (χ1v) is 8.52. The molecule has 5 nitrogen and oxygen atoms in total. The predicted molar refractivity (Wildman–Crippen MR) is 84.8 cm³/mol. The van der Waals surface area contributed by atoms with Gasteiger partial charge < -0.3 is 10.6 Å². The number of sulfone groups is 1. The molecule has 1 fully saturated rings. The summed E-state index contributed by atoms with van der Waals surface area (Å²) in [7, 11) is -3.21. The molecule has 7 heteroatoms. The van der Waals surface area contributed by atoms with Gasteiger partial charge in [-0.25, -0.2) is 8.42 Å². The lowest BCUT2D eigenvalue weighted by Crippen LogP contribution is -2.45. The van der Waals surface area contributed by atoms with E-state index in [4.69, 9.17) is 0 Å². The molecule has 1 heterocycles. The number of halogens is 1. The maximum Gasteiger partial charge on any atom is 0.251 e. The van der Waals surface area contributed by atoms with Crippen LogP contribution >= 0.6 is 12.4 Å². The van der Waals surface area contributed by atoms with Gasteiger partial charge in [-0.2, -0.15) is 0 Å². The van der Waals surface area contributed by atoms with Crippen molar-refractivity contribution in [2.75, 3.05) is 18.8 Å². The van der Waals surface area contributed by atoms with E-state index in [1.54, 1.807) is 19.1 Å². The molecule has 1 saturated heterocycles. The summed E-state index contributed by atoms with van der Waals surface area (Å²) in [6.45, 7) is 3.38. The summed E-state index contributed by atoms with van der Waals surface area (Å²) in [4.78, 5) is 12.3. The molecule has 118 valence electrons. The van der Waals surface area contributed by atoms with Crippen molar-refractivity contribution in [3.63, 3.8) is 0 Å². The zero-order valence-electron chi connectivity index (χ0n) is 12.0. The SMILES string of the molecule is CCS(=O)(=O)c1ccc(C(=O)N[C@H]2CCCNC2)cc1.Cl. The first kappa shape index (κ1) is 17.9. The highest BCUT2D eigenvalue weighted by atomic mass is 35.5. The lowest BCUT2D eigenvalue weighted by atomic mass is 10.1. The van der Waals surface area contributed by atoms with Gasteiger partial charge in [-0.1, -0.05) is 6.92 Å². The first-order chi connectivity index (χ1) is 9.53. The Morgan fingerprint density at radius 1 is 1.33 bits per heavy atom.